The zero-order valence-corrected chi connectivity index (χ0v) is 12.8. The van der Waals surface area contributed by atoms with Crippen molar-refractivity contribution in [2.75, 3.05) is 13.2 Å². The first-order valence-electron chi connectivity index (χ1n) is 8.16. The molecule has 0 atom stereocenters. The standard InChI is InChI=1S/C20H22O2/c21-14-19(9-11-20(12-10-19)15-22-20)18-8-4-7-17(13-18)16-5-2-1-3-6-16/h1-8,13,21H,9-12,14-15H2. The Bertz CT molecular complexity index is 648. The molecule has 1 N–H and O–H groups in total. The van der Waals surface area contributed by atoms with E-state index in [9.17, 15) is 5.11 Å². The zero-order chi connectivity index (χ0) is 15.0. The van der Waals surface area contributed by atoms with Gasteiger partial charge < -0.3 is 9.84 Å². The Morgan fingerprint density at radius 1 is 0.864 bits per heavy atom. The topological polar surface area (TPSA) is 32.8 Å². The SMILES string of the molecule is OCC1(c2cccc(-c3ccccc3)c2)CCC2(CC1)CO2. The fourth-order valence-corrected chi connectivity index (χ4v) is 3.77. The van der Waals surface area contributed by atoms with Gasteiger partial charge in [-0.3, -0.25) is 0 Å². The van der Waals surface area contributed by atoms with E-state index in [0.717, 1.165) is 32.3 Å². The van der Waals surface area contributed by atoms with Gasteiger partial charge in [0.2, 0.25) is 0 Å². The van der Waals surface area contributed by atoms with Crippen LogP contribution in [0, 0.1) is 0 Å². The van der Waals surface area contributed by atoms with Gasteiger partial charge in [0.25, 0.3) is 0 Å². The van der Waals surface area contributed by atoms with Crippen molar-refractivity contribution in [1.82, 2.24) is 0 Å². The van der Waals surface area contributed by atoms with Crippen molar-refractivity contribution in [2.45, 2.75) is 36.7 Å². The molecule has 2 heteroatoms. The molecule has 0 bridgehead atoms. The molecule has 2 aromatic rings. The molecule has 1 saturated carbocycles. The summed E-state index contributed by atoms with van der Waals surface area (Å²) < 4.78 is 5.62. The Morgan fingerprint density at radius 3 is 2.18 bits per heavy atom. The predicted molar refractivity (Wildman–Crippen MR) is 87.8 cm³/mol. The number of ether oxygens (including phenoxy) is 1. The van der Waals surface area contributed by atoms with E-state index in [1.54, 1.807) is 0 Å². The van der Waals surface area contributed by atoms with Crippen LogP contribution in [-0.2, 0) is 10.2 Å². The normalized spacial score (nSPS) is 30.4. The van der Waals surface area contributed by atoms with Crippen LogP contribution in [0.2, 0.25) is 0 Å². The second-order valence-electron chi connectivity index (χ2n) is 6.86. The smallest absolute Gasteiger partial charge is 0.0917 e. The van der Waals surface area contributed by atoms with Gasteiger partial charge in [0, 0.05) is 5.41 Å². The third-order valence-corrected chi connectivity index (χ3v) is 5.56. The summed E-state index contributed by atoms with van der Waals surface area (Å²) in [5, 5.41) is 10.1. The Kier molecular flexibility index (Phi) is 3.32. The van der Waals surface area contributed by atoms with Crippen molar-refractivity contribution in [3.63, 3.8) is 0 Å². The van der Waals surface area contributed by atoms with E-state index in [1.807, 2.05) is 6.07 Å². The van der Waals surface area contributed by atoms with E-state index in [0.29, 0.717) is 0 Å². The Morgan fingerprint density at radius 2 is 1.55 bits per heavy atom. The maximum Gasteiger partial charge on any atom is 0.0917 e. The number of epoxide rings is 1. The van der Waals surface area contributed by atoms with Gasteiger partial charge in [-0.1, -0.05) is 54.6 Å². The van der Waals surface area contributed by atoms with E-state index in [-0.39, 0.29) is 17.6 Å². The number of benzene rings is 2. The fraction of sp³-hybridized carbons (Fsp3) is 0.400. The molecular formula is C20H22O2. The second kappa shape index (κ2) is 5.22. The first kappa shape index (κ1) is 14.0. The van der Waals surface area contributed by atoms with E-state index >= 15 is 0 Å². The summed E-state index contributed by atoms with van der Waals surface area (Å²) in [5.74, 6) is 0. The quantitative estimate of drug-likeness (QED) is 0.870. The number of aliphatic hydroxyl groups is 1. The number of hydrogen-bond acceptors (Lipinski definition) is 2. The number of aliphatic hydroxyl groups excluding tert-OH is 1. The second-order valence-corrected chi connectivity index (χ2v) is 6.86. The highest BCUT2D eigenvalue weighted by atomic mass is 16.6. The van der Waals surface area contributed by atoms with Crippen LogP contribution >= 0.6 is 0 Å². The molecule has 0 amide bonds. The predicted octanol–water partition coefficient (Wildman–Crippen LogP) is 3.93. The van der Waals surface area contributed by atoms with Crippen LogP contribution in [-0.4, -0.2) is 23.9 Å². The zero-order valence-electron chi connectivity index (χ0n) is 12.8. The van der Waals surface area contributed by atoms with Gasteiger partial charge in [-0.05, 0) is 42.4 Å². The minimum absolute atomic E-state index is 0.0952. The van der Waals surface area contributed by atoms with Crippen molar-refractivity contribution in [3.05, 3.63) is 60.2 Å². The lowest BCUT2D eigenvalue weighted by atomic mass is 9.67. The van der Waals surface area contributed by atoms with Crippen molar-refractivity contribution < 1.29 is 9.84 Å². The van der Waals surface area contributed by atoms with E-state index < -0.39 is 0 Å². The summed E-state index contributed by atoms with van der Waals surface area (Å²) in [6.07, 6.45) is 4.18. The molecule has 2 fully saturated rings. The maximum absolute atomic E-state index is 10.1. The number of rotatable bonds is 3. The lowest BCUT2D eigenvalue weighted by Crippen LogP contribution is -2.38. The molecule has 1 saturated heterocycles. The monoisotopic (exact) mass is 294 g/mol. The molecule has 114 valence electrons. The molecule has 4 rings (SSSR count). The van der Waals surface area contributed by atoms with Crippen molar-refractivity contribution in [1.29, 1.82) is 0 Å². The molecule has 1 aliphatic heterocycles. The molecule has 0 aromatic heterocycles. The molecule has 2 aliphatic rings. The van der Waals surface area contributed by atoms with E-state index in [2.05, 4.69) is 48.5 Å². The van der Waals surface area contributed by atoms with Crippen LogP contribution in [0.4, 0.5) is 0 Å². The molecule has 1 spiro atoms. The highest BCUT2D eigenvalue weighted by Gasteiger charge is 2.51. The molecule has 1 aliphatic carbocycles. The van der Waals surface area contributed by atoms with Gasteiger partial charge in [0.05, 0.1) is 18.8 Å². The van der Waals surface area contributed by atoms with Gasteiger partial charge >= 0.3 is 0 Å². The first-order valence-corrected chi connectivity index (χ1v) is 8.16. The average molecular weight is 294 g/mol. The lowest BCUT2D eigenvalue weighted by Gasteiger charge is -2.38. The van der Waals surface area contributed by atoms with Gasteiger partial charge in [0.1, 0.15) is 0 Å². The molecule has 0 radical (unpaired) electrons. The molecule has 1 heterocycles. The molecule has 0 unspecified atom stereocenters. The fourth-order valence-electron chi connectivity index (χ4n) is 3.77. The van der Waals surface area contributed by atoms with Gasteiger partial charge in [-0.25, -0.2) is 0 Å². The van der Waals surface area contributed by atoms with E-state index in [1.165, 1.54) is 16.7 Å². The largest absolute Gasteiger partial charge is 0.395 e. The molecule has 22 heavy (non-hydrogen) atoms. The Balaban J connectivity index is 1.66. The van der Waals surface area contributed by atoms with Crippen LogP contribution < -0.4 is 0 Å². The van der Waals surface area contributed by atoms with Crippen LogP contribution in [0.25, 0.3) is 11.1 Å². The van der Waals surface area contributed by atoms with E-state index in [4.69, 9.17) is 4.74 Å². The summed E-state index contributed by atoms with van der Waals surface area (Å²) in [6, 6.07) is 19.2. The number of hydrogen-bond donors (Lipinski definition) is 1. The van der Waals surface area contributed by atoms with Gasteiger partial charge in [0.15, 0.2) is 0 Å². The summed E-state index contributed by atoms with van der Waals surface area (Å²) >= 11 is 0. The van der Waals surface area contributed by atoms with Crippen LogP contribution in [0.3, 0.4) is 0 Å². The minimum Gasteiger partial charge on any atom is -0.395 e. The van der Waals surface area contributed by atoms with Crippen molar-refractivity contribution >= 4 is 0 Å². The van der Waals surface area contributed by atoms with Crippen LogP contribution in [0.1, 0.15) is 31.2 Å². The third-order valence-electron chi connectivity index (χ3n) is 5.56. The maximum atomic E-state index is 10.1. The highest BCUT2D eigenvalue weighted by molar-refractivity contribution is 5.64. The Labute approximate surface area is 131 Å². The van der Waals surface area contributed by atoms with Gasteiger partial charge in [-0.15, -0.1) is 0 Å². The summed E-state index contributed by atoms with van der Waals surface area (Å²) in [6.45, 7) is 1.14. The van der Waals surface area contributed by atoms with Crippen molar-refractivity contribution in [2.24, 2.45) is 0 Å². The van der Waals surface area contributed by atoms with Crippen LogP contribution in [0.15, 0.2) is 54.6 Å². The average Bonchev–Trinajstić information content (AvgIpc) is 3.36. The molecular weight excluding hydrogens is 272 g/mol. The van der Waals surface area contributed by atoms with Gasteiger partial charge in [-0.2, -0.15) is 0 Å². The highest BCUT2D eigenvalue weighted by Crippen LogP contribution is 2.49. The first-order chi connectivity index (χ1) is 10.8. The summed E-state index contributed by atoms with van der Waals surface area (Å²) in [4.78, 5) is 0. The van der Waals surface area contributed by atoms with Crippen molar-refractivity contribution in [3.8, 4) is 11.1 Å². The summed E-state index contributed by atoms with van der Waals surface area (Å²) in [7, 11) is 0. The molecule has 2 aromatic carbocycles. The Hall–Kier alpha value is -1.64. The molecule has 2 nitrogen and oxygen atoms in total. The van der Waals surface area contributed by atoms with Crippen LogP contribution in [0.5, 0.6) is 0 Å². The third kappa shape index (κ3) is 2.37. The lowest BCUT2D eigenvalue weighted by molar-refractivity contribution is 0.112. The summed E-state index contributed by atoms with van der Waals surface area (Å²) in [5.41, 5.74) is 3.80. The minimum atomic E-state index is -0.0952.